The molecule has 0 spiro atoms. The number of H-pyrrole nitrogens is 1. The second kappa shape index (κ2) is 5.71. The van der Waals surface area contributed by atoms with Gasteiger partial charge in [-0.15, -0.1) is 0 Å². The molecule has 0 atom stereocenters. The van der Waals surface area contributed by atoms with E-state index in [-0.39, 0.29) is 17.2 Å². The van der Waals surface area contributed by atoms with Crippen LogP contribution in [0.2, 0.25) is 0 Å². The van der Waals surface area contributed by atoms with Crippen LogP contribution in [0.25, 0.3) is 0 Å². The number of nitrogens with one attached hydrogen (secondary N) is 1. The van der Waals surface area contributed by atoms with Crippen molar-refractivity contribution in [2.24, 2.45) is 0 Å². The molecule has 1 aromatic heterocycles. The van der Waals surface area contributed by atoms with Crippen LogP contribution in [0.4, 0.5) is 0 Å². The zero-order valence-electron chi connectivity index (χ0n) is 10.0. The standard InChI is InChI=1S/C13H13NO4S/c15-11(16)6-5-8-1-3-9(4-2-8)7-10-12(17)14-13(18)19-10/h1-4,17H,5-7H2,(H,14,18)(H,15,16). The number of carbonyl (C=O) groups is 1. The van der Waals surface area contributed by atoms with Gasteiger partial charge in [0.25, 0.3) is 0 Å². The summed E-state index contributed by atoms with van der Waals surface area (Å²) >= 11 is 0.989. The molecule has 0 unspecified atom stereocenters. The number of hydrogen-bond donors (Lipinski definition) is 3. The number of aromatic hydroxyl groups is 1. The fourth-order valence-electron chi connectivity index (χ4n) is 1.73. The molecule has 0 aliphatic heterocycles. The van der Waals surface area contributed by atoms with Crippen LogP contribution in [-0.2, 0) is 17.6 Å². The van der Waals surface area contributed by atoms with Crippen LogP contribution in [-0.4, -0.2) is 21.2 Å². The van der Waals surface area contributed by atoms with Crippen molar-refractivity contribution in [3.8, 4) is 5.88 Å². The lowest BCUT2D eigenvalue weighted by Crippen LogP contribution is -1.97. The molecule has 0 amide bonds. The van der Waals surface area contributed by atoms with Gasteiger partial charge in [0.15, 0.2) is 0 Å². The number of thiazole rings is 1. The van der Waals surface area contributed by atoms with Crippen LogP contribution >= 0.6 is 11.3 Å². The highest BCUT2D eigenvalue weighted by atomic mass is 32.1. The molecule has 0 aliphatic carbocycles. The minimum Gasteiger partial charge on any atom is -0.494 e. The average Bonchev–Trinajstić information content (AvgIpc) is 2.67. The Bertz CT molecular complexity index is 627. The van der Waals surface area contributed by atoms with Gasteiger partial charge < -0.3 is 10.2 Å². The topological polar surface area (TPSA) is 90.4 Å². The molecule has 1 heterocycles. The van der Waals surface area contributed by atoms with Gasteiger partial charge in [0.1, 0.15) is 0 Å². The summed E-state index contributed by atoms with van der Waals surface area (Å²) in [7, 11) is 0. The highest BCUT2D eigenvalue weighted by Gasteiger charge is 2.07. The Labute approximate surface area is 113 Å². The molecule has 5 nitrogen and oxygen atoms in total. The zero-order chi connectivity index (χ0) is 13.8. The molecule has 1 aromatic carbocycles. The van der Waals surface area contributed by atoms with Crippen LogP contribution in [0.3, 0.4) is 0 Å². The van der Waals surface area contributed by atoms with Crippen molar-refractivity contribution in [3.63, 3.8) is 0 Å². The Kier molecular flexibility index (Phi) is 4.01. The summed E-state index contributed by atoms with van der Waals surface area (Å²) in [5.74, 6) is -0.893. The predicted molar refractivity (Wildman–Crippen MR) is 71.8 cm³/mol. The maximum absolute atomic E-state index is 11.1. The number of hydrogen-bond acceptors (Lipinski definition) is 4. The molecule has 0 bridgehead atoms. The highest BCUT2D eigenvalue weighted by molar-refractivity contribution is 7.09. The number of carboxylic acid groups (broad SMARTS) is 1. The van der Waals surface area contributed by atoms with E-state index >= 15 is 0 Å². The van der Waals surface area contributed by atoms with Gasteiger partial charge in [0, 0.05) is 12.8 Å². The fourth-order valence-corrected chi connectivity index (χ4v) is 2.49. The third-order valence-corrected chi connectivity index (χ3v) is 3.59. The molecule has 0 aliphatic rings. The minimum absolute atomic E-state index is 0.0787. The second-order valence-electron chi connectivity index (χ2n) is 4.17. The molecule has 3 N–H and O–H groups in total. The van der Waals surface area contributed by atoms with Gasteiger partial charge in [-0.3, -0.25) is 14.6 Å². The zero-order valence-corrected chi connectivity index (χ0v) is 10.9. The molecule has 19 heavy (non-hydrogen) atoms. The number of aromatic nitrogens is 1. The number of aliphatic carboxylic acids is 1. The SMILES string of the molecule is O=C(O)CCc1ccc(Cc2sc(=O)[nH]c2O)cc1. The van der Waals surface area contributed by atoms with Crippen molar-refractivity contribution in [2.45, 2.75) is 19.3 Å². The van der Waals surface area contributed by atoms with E-state index in [9.17, 15) is 14.7 Å². The van der Waals surface area contributed by atoms with Crippen LogP contribution in [0.15, 0.2) is 29.1 Å². The number of carboxylic acids is 1. The lowest BCUT2D eigenvalue weighted by atomic mass is 10.1. The van der Waals surface area contributed by atoms with E-state index in [4.69, 9.17) is 5.11 Å². The quantitative estimate of drug-likeness (QED) is 0.777. The van der Waals surface area contributed by atoms with Crippen LogP contribution < -0.4 is 4.87 Å². The normalized spacial score (nSPS) is 10.5. The number of aromatic amines is 1. The molecule has 0 radical (unpaired) electrons. The molecule has 0 fully saturated rings. The summed E-state index contributed by atoms with van der Waals surface area (Å²) in [6, 6.07) is 7.48. The summed E-state index contributed by atoms with van der Waals surface area (Å²) < 4.78 is 0. The van der Waals surface area contributed by atoms with Gasteiger partial charge in [-0.25, -0.2) is 0 Å². The van der Waals surface area contributed by atoms with Crippen molar-refractivity contribution in [1.82, 2.24) is 4.98 Å². The highest BCUT2D eigenvalue weighted by Crippen LogP contribution is 2.20. The van der Waals surface area contributed by atoms with E-state index in [0.29, 0.717) is 17.7 Å². The third kappa shape index (κ3) is 3.69. The summed E-state index contributed by atoms with van der Waals surface area (Å²) in [6.45, 7) is 0. The first-order valence-electron chi connectivity index (χ1n) is 5.75. The van der Waals surface area contributed by atoms with Crippen molar-refractivity contribution in [3.05, 3.63) is 49.9 Å². The third-order valence-electron chi connectivity index (χ3n) is 2.72. The van der Waals surface area contributed by atoms with E-state index in [1.54, 1.807) is 0 Å². The van der Waals surface area contributed by atoms with Gasteiger partial charge in [-0.2, -0.15) is 0 Å². The fraction of sp³-hybridized carbons (Fsp3) is 0.231. The van der Waals surface area contributed by atoms with Crippen LogP contribution in [0.1, 0.15) is 22.4 Å². The Balaban J connectivity index is 2.04. The summed E-state index contributed by atoms with van der Waals surface area (Å²) in [5, 5.41) is 18.1. The number of aryl methyl sites for hydroxylation is 1. The predicted octanol–water partition coefficient (Wildman–Crippen LogP) is 1.75. The monoisotopic (exact) mass is 279 g/mol. The van der Waals surface area contributed by atoms with E-state index < -0.39 is 5.97 Å². The van der Waals surface area contributed by atoms with Crippen molar-refractivity contribution in [1.29, 1.82) is 0 Å². The van der Waals surface area contributed by atoms with Gasteiger partial charge in [0.05, 0.1) is 4.88 Å². The van der Waals surface area contributed by atoms with Crippen LogP contribution in [0, 0.1) is 0 Å². The second-order valence-corrected chi connectivity index (χ2v) is 5.24. The first-order valence-corrected chi connectivity index (χ1v) is 6.57. The maximum Gasteiger partial charge on any atom is 0.307 e. The molecule has 0 saturated heterocycles. The Morgan fingerprint density at radius 3 is 2.37 bits per heavy atom. The van der Waals surface area contributed by atoms with Crippen molar-refractivity contribution < 1.29 is 15.0 Å². The number of benzene rings is 1. The summed E-state index contributed by atoms with van der Waals surface area (Å²) in [6.07, 6.45) is 1.09. The van der Waals surface area contributed by atoms with E-state index in [0.717, 1.165) is 22.5 Å². The van der Waals surface area contributed by atoms with Gasteiger partial charge in [-0.1, -0.05) is 35.6 Å². The minimum atomic E-state index is -0.814. The molecule has 100 valence electrons. The summed E-state index contributed by atoms with van der Waals surface area (Å²) in [4.78, 5) is 24.2. The van der Waals surface area contributed by atoms with Crippen molar-refractivity contribution >= 4 is 17.3 Å². The summed E-state index contributed by atoms with van der Waals surface area (Å²) in [5.41, 5.74) is 1.92. The number of rotatable bonds is 5. The maximum atomic E-state index is 11.1. The molecule has 0 saturated carbocycles. The van der Waals surface area contributed by atoms with E-state index in [1.165, 1.54) is 0 Å². The van der Waals surface area contributed by atoms with Gasteiger partial charge in [0.2, 0.25) is 5.88 Å². The first-order chi connectivity index (χ1) is 9.04. The Hall–Kier alpha value is -2.08. The molecule has 2 aromatic rings. The van der Waals surface area contributed by atoms with Crippen LogP contribution in [0.5, 0.6) is 5.88 Å². The largest absolute Gasteiger partial charge is 0.494 e. The smallest absolute Gasteiger partial charge is 0.307 e. The Morgan fingerprint density at radius 1 is 1.21 bits per heavy atom. The van der Waals surface area contributed by atoms with Gasteiger partial charge >= 0.3 is 10.8 Å². The first kappa shape index (κ1) is 13.4. The lowest BCUT2D eigenvalue weighted by Gasteiger charge is -2.02. The van der Waals surface area contributed by atoms with Gasteiger partial charge in [-0.05, 0) is 17.5 Å². The lowest BCUT2D eigenvalue weighted by molar-refractivity contribution is -0.136. The van der Waals surface area contributed by atoms with Crippen molar-refractivity contribution in [2.75, 3.05) is 0 Å². The van der Waals surface area contributed by atoms with E-state index in [1.807, 2.05) is 24.3 Å². The Morgan fingerprint density at radius 2 is 1.84 bits per heavy atom. The molecule has 6 heteroatoms. The molecule has 2 rings (SSSR count). The molecular weight excluding hydrogens is 266 g/mol. The average molecular weight is 279 g/mol. The molecular formula is C13H13NO4S. The van der Waals surface area contributed by atoms with E-state index in [2.05, 4.69) is 4.98 Å².